The van der Waals surface area contributed by atoms with Crippen molar-refractivity contribution in [2.24, 2.45) is 0 Å². The highest BCUT2D eigenvalue weighted by atomic mass is 14.7. The van der Waals surface area contributed by atoms with Crippen LogP contribution in [0.25, 0.3) is 99.2 Å². The first-order valence-electron chi connectivity index (χ1n) is 21.2. The van der Waals surface area contributed by atoms with E-state index < -0.39 is 0 Å². The lowest BCUT2D eigenvalue weighted by molar-refractivity contribution is 0.794. The van der Waals surface area contributed by atoms with E-state index in [1.54, 1.807) is 0 Å². The van der Waals surface area contributed by atoms with E-state index >= 15 is 0 Å². The van der Waals surface area contributed by atoms with Crippen LogP contribution < -0.4 is 0 Å². The van der Waals surface area contributed by atoms with Gasteiger partial charge in [-0.1, -0.05) is 206 Å². The first-order chi connectivity index (χ1) is 30.3. The Bertz CT molecular complexity index is 3460. The molecule has 282 valence electrons. The van der Waals surface area contributed by atoms with Crippen molar-refractivity contribution < 1.29 is 0 Å². The van der Waals surface area contributed by atoms with E-state index in [9.17, 15) is 0 Å². The molecule has 0 fully saturated rings. The van der Waals surface area contributed by atoms with E-state index in [4.69, 9.17) is 4.98 Å². The fourth-order valence-corrected chi connectivity index (χ4v) is 11.1. The molecule has 0 saturated heterocycles. The van der Waals surface area contributed by atoms with Gasteiger partial charge in [-0.25, -0.2) is 0 Å². The molecule has 0 unspecified atom stereocenters. The van der Waals surface area contributed by atoms with Crippen LogP contribution >= 0.6 is 0 Å². The summed E-state index contributed by atoms with van der Waals surface area (Å²) in [6.45, 7) is 0. The standard InChI is InChI=1S/C60H37N/c1-2-16-38(17-3-1)41-33-34-52(43-19-5-4-18-42(41)43)59-50-25-8-6-23-48(50)58(49-24-7-9-26-51(49)59)40-31-35-57(61-37-40)39-30-32-47-46-22-12-15-29-55(46)60(56(47)36-39)53-27-13-10-20-44(53)45-21-11-14-28-54(45)60/h1-37H. The van der Waals surface area contributed by atoms with E-state index in [2.05, 4.69) is 225 Å². The molecule has 61 heavy (non-hydrogen) atoms. The number of hydrogen-bond acceptors (Lipinski definition) is 1. The maximum absolute atomic E-state index is 5.28. The predicted molar refractivity (Wildman–Crippen MR) is 255 cm³/mol. The topological polar surface area (TPSA) is 12.9 Å². The number of fused-ring (bicyclic) bond motifs is 13. The fourth-order valence-electron chi connectivity index (χ4n) is 11.1. The number of rotatable bonds is 4. The van der Waals surface area contributed by atoms with Crippen molar-refractivity contribution in [2.75, 3.05) is 0 Å². The third-order valence-corrected chi connectivity index (χ3v) is 13.6. The molecule has 1 aromatic heterocycles. The molecule has 0 N–H and O–H groups in total. The summed E-state index contributed by atoms with van der Waals surface area (Å²) in [4.78, 5) is 5.28. The molecule has 0 amide bonds. The van der Waals surface area contributed by atoms with Gasteiger partial charge in [0.1, 0.15) is 0 Å². The molecule has 0 bridgehead atoms. The zero-order valence-corrected chi connectivity index (χ0v) is 33.3. The highest BCUT2D eigenvalue weighted by molar-refractivity contribution is 6.24. The van der Waals surface area contributed by atoms with E-state index in [0.29, 0.717) is 0 Å². The third kappa shape index (κ3) is 4.75. The molecule has 0 saturated carbocycles. The van der Waals surface area contributed by atoms with Gasteiger partial charge in [-0.15, -0.1) is 0 Å². The molecule has 1 spiro atoms. The van der Waals surface area contributed by atoms with Crippen molar-refractivity contribution in [3.05, 3.63) is 247 Å². The summed E-state index contributed by atoms with van der Waals surface area (Å²) in [5.41, 5.74) is 19.6. The second-order valence-electron chi connectivity index (χ2n) is 16.5. The summed E-state index contributed by atoms with van der Waals surface area (Å²) >= 11 is 0. The lowest BCUT2D eigenvalue weighted by atomic mass is 9.70. The van der Waals surface area contributed by atoms with E-state index in [-0.39, 0.29) is 5.41 Å². The molecule has 0 radical (unpaired) electrons. The molecule has 0 atom stereocenters. The summed E-state index contributed by atoms with van der Waals surface area (Å²) in [6.07, 6.45) is 2.09. The van der Waals surface area contributed by atoms with E-state index in [1.165, 1.54) is 105 Å². The normalized spacial score (nSPS) is 13.0. The Balaban J connectivity index is 0.972. The second-order valence-corrected chi connectivity index (χ2v) is 16.5. The zero-order chi connectivity index (χ0) is 40.1. The Morgan fingerprint density at radius 1 is 0.262 bits per heavy atom. The summed E-state index contributed by atoms with van der Waals surface area (Å²) in [6, 6.07) is 80.5. The van der Waals surface area contributed by atoms with Crippen LogP contribution in [0.1, 0.15) is 22.3 Å². The average Bonchev–Trinajstić information content (AvgIpc) is 3.80. The lowest BCUT2D eigenvalue weighted by Gasteiger charge is -2.30. The number of aromatic nitrogens is 1. The summed E-state index contributed by atoms with van der Waals surface area (Å²) in [5.74, 6) is 0. The fraction of sp³-hybridized carbons (Fsp3) is 0.0167. The minimum absolute atomic E-state index is 0.387. The van der Waals surface area contributed by atoms with Gasteiger partial charge in [0, 0.05) is 17.3 Å². The van der Waals surface area contributed by atoms with Crippen LogP contribution in [-0.4, -0.2) is 4.98 Å². The molecule has 0 aliphatic heterocycles. The van der Waals surface area contributed by atoms with Crippen LogP contribution in [0.2, 0.25) is 0 Å². The maximum Gasteiger partial charge on any atom is 0.0725 e. The number of nitrogens with zero attached hydrogens (tertiary/aromatic N) is 1. The highest BCUT2D eigenvalue weighted by Crippen LogP contribution is 2.63. The minimum Gasteiger partial charge on any atom is -0.256 e. The van der Waals surface area contributed by atoms with Crippen molar-refractivity contribution in [3.8, 4) is 66.9 Å². The van der Waals surface area contributed by atoms with Crippen molar-refractivity contribution in [1.82, 2.24) is 4.98 Å². The maximum atomic E-state index is 5.28. The molecule has 2 aliphatic rings. The molecule has 1 nitrogen and oxygen atoms in total. The van der Waals surface area contributed by atoms with Gasteiger partial charge in [-0.2, -0.15) is 0 Å². The van der Waals surface area contributed by atoms with Gasteiger partial charge >= 0.3 is 0 Å². The van der Waals surface area contributed by atoms with Gasteiger partial charge < -0.3 is 0 Å². The molecule has 11 aromatic rings. The minimum atomic E-state index is -0.387. The predicted octanol–water partition coefficient (Wildman–Crippen LogP) is 15.6. The smallest absolute Gasteiger partial charge is 0.0725 e. The van der Waals surface area contributed by atoms with Crippen molar-refractivity contribution in [3.63, 3.8) is 0 Å². The summed E-state index contributed by atoms with van der Waals surface area (Å²) in [5, 5.41) is 7.42. The molecule has 10 aromatic carbocycles. The summed E-state index contributed by atoms with van der Waals surface area (Å²) in [7, 11) is 0. The Morgan fingerprint density at radius 2 is 0.689 bits per heavy atom. The molecule has 1 heteroatoms. The van der Waals surface area contributed by atoms with Gasteiger partial charge in [0.05, 0.1) is 11.1 Å². The Morgan fingerprint density at radius 3 is 1.25 bits per heavy atom. The van der Waals surface area contributed by atoms with Crippen molar-refractivity contribution >= 4 is 32.3 Å². The van der Waals surface area contributed by atoms with Crippen molar-refractivity contribution in [2.45, 2.75) is 5.41 Å². The lowest BCUT2D eigenvalue weighted by Crippen LogP contribution is -2.25. The SMILES string of the molecule is c1ccc(-c2ccc(-c3c4ccccc4c(-c4ccc(-c5ccc6c(c5)C5(c7ccccc7-c7ccccc75)c5ccccc5-6)nc4)c4ccccc34)c3ccccc23)cc1. The molecular weight excluding hydrogens is 735 g/mol. The van der Waals surface area contributed by atoms with Gasteiger partial charge in [0.25, 0.3) is 0 Å². The largest absolute Gasteiger partial charge is 0.256 e. The molecule has 1 heterocycles. The first-order valence-corrected chi connectivity index (χ1v) is 21.2. The molecule has 2 aliphatic carbocycles. The highest BCUT2D eigenvalue weighted by Gasteiger charge is 2.51. The van der Waals surface area contributed by atoms with Crippen LogP contribution in [-0.2, 0) is 5.41 Å². The summed E-state index contributed by atoms with van der Waals surface area (Å²) < 4.78 is 0. The first kappa shape index (κ1) is 34.0. The van der Waals surface area contributed by atoms with Crippen LogP contribution in [0.3, 0.4) is 0 Å². The van der Waals surface area contributed by atoms with Gasteiger partial charge in [0.2, 0.25) is 0 Å². The van der Waals surface area contributed by atoms with Gasteiger partial charge in [0.15, 0.2) is 0 Å². The Labute approximate surface area is 354 Å². The van der Waals surface area contributed by atoms with Crippen LogP contribution in [0, 0.1) is 0 Å². The second kappa shape index (κ2) is 13.1. The van der Waals surface area contributed by atoms with Crippen LogP contribution in [0.15, 0.2) is 225 Å². The van der Waals surface area contributed by atoms with Gasteiger partial charge in [-0.3, -0.25) is 4.98 Å². The zero-order valence-electron chi connectivity index (χ0n) is 33.3. The van der Waals surface area contributed by atoms with E-state index in [0.717, 1.165) is 16.8 Å². The van der Waals surface area contributed by atoms with Crippen LogP contribution in [0.5, 0.6) is 0 Å². The number of pyridine rings is 1. The molecule has 13 rings (SSSR count). The third-order valence-electron chi connectivity index (χ3n) is 13.6. The van der Waals surface area contributed by atoms with Gasteiger partial charge in [-0.05, 0) is 117 Å². The Hall–Kier alpha value is -7.87. The van der Waals surface area contributed by atoms with Crippen LogP contribution in [0.4, 0.5) is 0 Å². The molecular formula is C60H37N. The monoisotopic (exact) mass is 771 g/mol. The van der Waals surface area contributed by atoms with Crippen molar-refractivity contribution in [1.29, 1.82) is 0 Å². The van der Waals surface area contributed by atoms with E-state index in [1.807, 2.05) is 0 Å². The number of benzene rings is 10. The quantitative estimate of drug-likeness (QED) is 0.162. The Kier molecular flexibility index (Phi) is 7.29. The number of hydrogen-bond donors (Lipinski definition) is 0. The average molecular weight is 772 g/mol.